The predicted octanol–water partition coefficient (Wildman–Crippen LogP) is 5.24. The molecule has 0 aromatic carbocycles. The number of carboxylic acid groups (broad SMARTS) is 1. The number of carbonyl (C=O) groups is 1. The maximum atomic E-state index is 11.1. The van der Waals surface area contributed by atoms with Gasteiger partial charge in [-0.05, 0) is 25.7 Å². The Hall–Kier alpha value is -0.570. The molecule has 0 aliphatic heterocycles. The van der Waals surface area contributed by atoms with Crippen LogP contribution in [0.4, 0.5) is 0 Å². The Bertz CT molecular complexity index is 250. The minimum absolute atomic E-state index is 0.282. The average Bonchev–Trinajstić information content (AvgIpc) is 2.46. The Labute approximate surface area is 138 Å². The van der Waals surface area contributed by atoms with E-state index >= 15 is 0 Å². The average molecular weight is 315 g/mol. The van der Waals surface area contributed by atoms with Crippen LogP contribution in [-0.4, -0.2) is 42.2 Å². The summed E-state index contributed by atoms with van der Waals surface area (Å²) >= 11 is 0. The molecule has 3 nitrogen and oxygen atoms in total. The molecule has 0 rings (SSSR count). The van der Waals surface area contributed by atoms with Gasteiger partial charge in [0.15, 0.2) is 6.54 Å². The van der Waals surface area contributed by atoms with Gasteiger partial charge in [0, 0.05) is 0 Å². The number of hydrogen-bond donors (Lipinski definition) is 1. The van der Waals surface area contributed by atoms with Gasteiger partial charge in [-0.3, -0.25) is 0 Å². The molecule has 0 aromatic rings. The van der Waals surface area contributed by atoms with Crippen LogP contribution in [0.5, 0.6) is 0 Å². The largest absolute Gasteiger partial charge is 0.477 e. The van der Waals surface area contributed by atoms with Crippen molar-refractivity contribution in [3.63, 3.8) is 0 Å². The SMILES string of the molecule is CCCCCCCC[N+](C)(CCCCCCCC)CC(=O)O. The van der Waals surface area contributed by atoms with Crippen LogP contribution >= 0.6 is 0 Å². The Balaban J connectivity index is 3.93. The molecule has 1 N–H and O–H groups in total. The van der Waals surface area contributed by atoms with Gasteiger partial charge < -0.3 is 9.59 Å². The van der Waals surface area contributed by atoms with Gasteiger partial charge in [-0.15, -0.1) is 0 Å². The van der Waals surface area contributed by atoms with Crippen molar-refractivity contribution in [3.8, 4) is 0 Å². The first-order valence-corrected chi connectivity index (χ1v) is 9.59. The summed E-state index contributed by atoms with van der Waals surface area (Å²) in [5, 5.41) is 9.18. The second-order valence-electron chi connectivity index (χ2n) is 7.15. The molecule has 0 amide bonds. The van der Waals surface area contributed by atoms with Gasteiger partial charge in [-0.1, -0.05) is 65.2 Å². The van der Waals surface area contributed by atoms with Crippen molar-refractivity contribution >= 4 is 5.97 Å². The molecule has 0 fully saturated rings. The maximum Gasteiger partial charge on any atom is 0.359 e. The highest BCUT2D eigenvalue weighted by Gasteiger charge is 2.24. The summed E-state index contributed by atoms with van der Waals surface area (Å²) in [4.78, 5) is 11.1. The van der Waals surface area contributed by atoms with E-state index in [2.05, 4.69) is 20.9 Å². The first-order chi connectivity index (χ1) is 10.5. The minimum Gasteiger partial charge on any atom is -0.477 e. The molecule has 0 saturated heterocycles. The van der Waals surface area contributed by atoms with Crippen molar-refractivity contribution in [1.29, 1.82) is 0 Å². The fraction of sp³-hybridized carbons (Fsp3) is 0.947. The first kappa shape index (κ1) is 21.4. The quantitative estimate of drug-likeness (QED) is 0.312. The van der Waals surface area contributed by atoms with Crippen LogP contribution in [0, 0.1) is 0 Å². The lowest BCUT2D eigenvalue weighted by Gasteiger charge is -2.33. The molecule has 0 unspecified atom stereocenters. The third kappa shape index (κ3) is 13.1. The number of rotatable bonds is 16. The molecule has 0 saturated carbocycles. The Morgan fingerprint density at radius 2 is 1.09 bits per heavy atom. The van der Waals surface area contributed by atoms with Crippen molar-refractivity contribution in [2.75, 3.05) is 26.7 Å². The third-order valence-electron chi connectivity index (χ3n) is 4.62. The van der Waals surface area contributed by atoms with E-state index in [0.29, 0.717) is 0 Å². The van der Waals surface area contributed by atoms with Gasteiger partial charge in [0.25, 0.3) is 0 Å². The number of likely N-dealkylation sites (N-methyl/N-ethyl adjacent to an activating group) is 1. The van der Waals surface area contributed by atoms with E-state index in [-0.39, 0.29) is 6.54 Å². The van der Waals surface area contributed by atoms with Gasteiger partial charge in [0.05, 0.1) is 20.1 Å². The standard InChI is InChI=1S/C19H39NO2/c1-4-6-8-10-12-14-16-20(3,18-19(21)22)17-15-13-11-9-7-5-2/h4-18H2,1-3H3/p+1. The third-order valence-corrected chi connectivity index (χ3v) is 4.62. The van der Waals surface area contributed by atoms with Crippen molar-refractivity contribution < 1.29 is 14.4 Å². The summed E-state index contributed by atoms with van der Waals surface area (Å²) in [5.74, 6) is -0.653. The lowest BCUT2D eigenvalue weighted by atomic mass is 10.1. The zero-order chi connectivity index (χ0) is 16.7. The fourth-order valence-corrected chi connectivity index (χ4v) is 3.14. The number of hydrogen-bond acceptors (Lipinski definition) is 1. The molecule has 0 aliphatic rings. The number of nitrogens with zero attached hydrogens (tertiary/aromatic N) is 1. The molecule has 0 aromatic heterocycles. The zero-order valence-corrected chi connectivity index (χ0v) is 15.4. The van der Waals surface area contributed by atoms with E-state index in [4.69, 9.17) is 0 Å². The Kier molecular flexibility index (Phi) is 13.7. The van der Waals surface area contributed by atoms with Gasteiger partial charge in [0.1, 0.15) is 0 Å². The summed E-state index contributed by atoms with van der Waals surface area (Å²) in [7, 11) is 2.13. The van der Waals surface area contributed by atoms with E-state index in [0.717, 1.165) is 17.6 Å². The molecule has 0 atom stereocenters. The molecular formula is C19H40NO2+. The number of carboxylic acids is 1. The van der Waals surface area contributed by atoms with Crippen molar-refractivity contribution in [2.24, 2.45) is 0 Å². The minimum atomic E-state index is -0.653. The lowest BCUT2D eigenvalue weighted by molar-refractivity contribution is -0.903. The predicted molar refractivity (Wildman–Crippen MR) is 95.2 cm³/mol. The number of unbranched alkanes of at least 4 members (excludes halogenated alkanes) is 10. The van der Waals surface area contributed by atoms with E-state index in [1.165, 1.54) is 77.0 Å². The van der Waals surface area contributed by atoms with Crippen LogP contribution in [0.25, 0.3) is 0 Å². The van der Waals surface area contributed by atoms with Gasteiger partial charge in [0.2, 0.25) is 0 Å². The molecule has 3 heteroatoms. The molecule has 0 heterocycles. The van der Waals surface area contributed by atoms with Crippen molar-refractivity contribution in [1.82, 2.24) is 0 Å². The highest BCUT2D eigenvalue weighted by Crippen LogP contribution is 2.13. The van der Waals surface area contributed by atoms with Gasteiger partial charge in [-0.2, -0.15) is 0 Å². The van der Waals surface area contributed by atoms with Gasteiger partial charge in [-0.25, -0.2) is 4.79 Å². The summed E-state index contributed by atoms with van der Waals surface area (Å²) < 4.78 is 0.719. The van der Waals surface area contributed by atoms with E-state index < -0.39 is 5.97 Å². The van der Waals surface area contributed by atoms with Crippen molar-refractivity contribution in [3.05, 3.63) is 0 Å². The van der Waals surface area contributed by atoms with Crippen LogP contribution in [0.2, 0.25) is 0 Å². The van der Waals surface area contributed by atoms with Crippen LogP contribution in [0.15, 0.2) is 0 Å². The van der Waals surface area contributed by atoms with Crippen LogP contribution in [0.1, 0.15) is 90.9 Å². The van der Waals surface area contributed by atoms with Crippen LogP contribution < -0.4 is 0 Å². The topological polar surface area (TPSA) is 37.3 Å². The van der Waals surface area contributed by atoms with E-state index in [9.17, 15) is 9.90 Å². The summed E-state index contributed by atoms with van der Waals surface area (Å²) in [6, 6.07) is 0. The monoisotopic (exact) mass is 314 g/mol. The highest BCUT2D eigenvalue weighted by atomic mass is 16.4. The van der Waals surface area contributed by atoms with E-state index in [1.54, 1.807) is 0 Å². The Morgan fingerprint density at radius 1 is 0.727 bits per heavy atom. The first-order valence-electron chi connectivity index (χ1n) is 9.59. The smallest absolute Gasteiger partial charge is 0.359 e. The Morgan fingerprint density at radius 3 is 1.45 bits per heavy atom. The molecular weight excluding hydrogens is 274 g/mol. The summed E-state index contributed by atoms with van der Waals surface area (Å²) in [6.45, 7) is 6.80. The summed E-state index contributed by atoms with van der Waals surface area (Å²) in [5.41, 5.74) is 0. The van der Waals surface area contributed by atoms with E-state index in [1.807, 2.05) is 0 Å². The molecule has 0 spiro atoms. The van der Waals surface area contributed by atoms with Crippen molar-refractivity contribution in [2.45, 2.75) is 90.9 Å². The fourth-order valence-electron chi connectivity index (χ4n) is 3.14. The maximum absolute atomic E-state index is 11.1. The number of aliphatic carboxylic acids is 1. The van der Waals surface area contributed by atoms with Crippen LogP contribution in [0.3, 0.4) is 0 Å². The molecule has 0 bridgehead atoms. The summed E-state index contributed by atoms with van der Waals surface area (Å²) in [6.07, 6.45) is 15.3. The zero-order valence-electron chi connectivity index (χ0n) is 15.4. The molecule has 0 radical (unpaired) electrons. The lowest BCUT2D eigenvalue weighted by Crippen LogP contribution is -2.49. The second kappa shape index (κ2) is 14.0. The molecule has 132 valence electrons. The highest BCUT2D eigenvalue weighted by molar-refractivity contribution is 5.67. The normalized spacial score (nSPS) is 11.8. The second-order valence-corrected chi connectivity index (χ2v) is 7.15. The molecule has 22 heavy (non-hydrogen) atoms. The molecule has 0 aliphatic carbocycles. The van der Waals surface area contributed by atoms with Gasteiger partial charge >= 0.3 is 5.97 Å². The van der Waals surface area contributed by atoms with Crippen LogP contribution in [-0.2, 0) is 4.79 Å². The number of quaternary nitrogens is 1.